The summed E-state index contributed by atoms with van der Waals surface area (Å²) < 4.78 is 32.0. The molecular weight excluding hydrogens is 573 g/mol. The SMILES string of the molecule is COc1cc(C)ccc1OC(=O)N(c1ccnc(Nc2ccc(OCCCN3CCCCC3)c(F)c2)n1)c1c(C)cccc1C. The van der Waals surface area contributed by atoms with Crippen LogP contribution in [-0.2, 0) is 0 Å². The zero-order valence-electron chi connectivity index (χ0n) is 26.3. The molecule has 1 saturated heterocycles. The second kappa shape index (κ2) is 14.9. The molecule has 45 heavy (non-hydrogen) atoms. The Morgan fingerprint density at radius 1 is 0.956 bits per heavy atom. The second-order valence-corrected chi connectivity index (χ2v) is 11.2. The van der Waals surface area contributed by atoms with Gasteiger partial charge >= 0.3 is 6.09 Å². The lowest BCUT2D eigenvalue weighted by atomic mass is 10.1. The van der Waals surface area contributed by atoms with Crippen molar-refractivity contribution in [2.75, 3.05) is 43.6 Å². The number of para-hydroxylation sites is 1. The van der Waals surface area contributed by atoms with Gasteiger partial charge in [-0.2, -0.15) is 4.98 Å². The first-order valence-corrected chi connectivity index (χ1v) is 15.3. The fourth-order valence-electron chi connectivity index (χ4n) is 5.47. The van der Waals surface area contributed by atoms with Crippen LogP contribution in [0.1, 0.15) is 42.4 Å². The van der Waals surface area contributed by atoms with Gasteiger partial charge in [0.25, 0.3) is 0 Å². The Bertz CT molecular complexity index is 1610. The van der Waals surface area contributed by atoms with E-state index in [0.717, 1.165) is 42.7 Å². The van der Waals surface area contributed by atoms with Crippen LogP contribution >= 0.6 is 0 Å². The average molecular weight is 614 g/mol. The van der Waals surface area contributed by atoms with Crippen molar-refractivity contribution in [1.82, 2.24) is 14.9 Å². The number of methoxy groups -OCH3 is 1. The number of hydrogen-bond donors (Lipinski definition) is 1. The molecule has 0 aliphatic carbocycles. The first-order chi connectivity index (χ1) is 21.8. The first-order valence-electron chi connectivity index (χ1n) is 15.3. The molecule has 0 atom stereocenters. The fourth-order valence-corrected chi connectivity index (χ4v) is 5.47. The third kappa shape index (κ3) is 8.07. The highest BCUT2D eigenvalue weighted by Crippen LogP contribution is 2.34. The van der Waals surface area contributed by atoms with Crippen molar-refractivity contribution in [3.05, 3.63) is 89.4 Å². The van der Waals surface area contributed by atoms with Crippen molar-refractivity contribution in [2.45, 2.75) is 46.5 Å². The number of carbonyl (C=O) groups excluding carboxylic acids is 1. The van der Waals surface area contributed by atoms with Crippen molar-refractivity contribution in [1.29, 1.82) is 0 Å². The van der Waals surface area contributed by atoms with Gasteiger partial charge in [-0.15, -0.1) is 0 Å². The largest absolute Gasteiger partial charge is 0.493 e. The van der Waals surface area contributed by atoms with E-state index >= 15 is 0 Å². The normalized spacial score (nSPS) is 13.3. The van der Waals surface area contributed by atoms with E-state index in [4.69, 9.17) is 14.2 Å². The standard InChI is InChI=1S/C35H40FN5O4/c1-24-12-14-30(31(22-24)43-4)45-35(42)41(33-25(2)10-8-11-26(33)3)32-16-17-37-34(39-32)38-27-13-15-29(28(36)23-27)44-21-9-20-40-18-6-5-7-19-40/h8,10-17,22-23H,5-7,9,18-21H2,1-4H3,(H,37,38,39). The summed E-state index contributed by atoms with van der Waals surface area (Å²) in [6.07, 6.45) is 5.48. The molecule has 1 aliphatic heterocycles. The van der Waals surface area contributed by atoms with E-state index in [1.807, 2.05) is 45.0 Å². The Hall–Kier alpha value is -4.70. The number of amides is 1. The lowest BCUT2D eigenvalue weighted by Gasteiger charge is -2.26. The van der Waals surface area contributed by atoms with Crippen LogP contribution in [-0.4, -0.2) is 54.3 Å². The van der Waals surface area contributed by atoms with Gasteiger partial charge in [0.1, 0.15) is 5.82 Å². The van der Waals surface area contributed by atoms with Gasteiger partial charge in [-0.1, -0.05) is 30.7 Å². The number of aryl methyl sites for hydroxylation is 3. The molecule has 1 N–H and O–H groups in total. The molecule has 0 radical (unpaired) electrons. The average Bonchev–Trinajstić information content (AvgIpc) is 3.03. The Kier molecular flexibility index (Phi) is 10.5. The van der Waals surface area contributed by atoms with Crippen LogP contribution in [0.15, 0.2) is 66.9 Å². The topological polar surface area (TPSA) is 89.0 Å². The van der Waals surface area contributed by atoms with Gasteiger partial charge in [0, 0.05) is 30.6 Å². The van der Waals surface area contributed by atoms with Crippen molar-refractivity contribution in [2.24, 2.45) is 0 Å². The van der Waals surface area contributed by atoms with Crippen molar-refractivity contribution < 1.29 is 23.4 Å². The maximum absolute atomic E-state index is 15.0. The van der Waals surface area contributed by atoms with E-state index in [1.54, 1.807) is 30.3 Å². The zero-order chi connectivity index (χ0) is 31.8. The number of rotatable bonds is 11. The molecule has 1 amide bonds. The molecular formula is C35H40FN5O4. The van der Waals surface area contributed by atoms with Gasteiger partial charge in [-0.3, -0.25) is 0 Å². The number of anilines is 4. The predicted octanol–water partition coefficient (Wildman–Crippen LogP) is 7.89. The minimum absolute atomic E-state index is 0.180. The summed E-state index contributed by atoms with van der Waals surface area (Å²) in [4.78, 5) is 26.6. The van der Waals surface area contributed by atoms with Crippen LogP contribution in [0.4, 0.5) is 32.3 Å². The van der Waals surface area contributed by atoms with Crippen molar-refractivity contribution in [3.8, 4) is 17.2 Å². The van der Waals surface area contributed by atoms with Crippen LogP contribution in [0.2, 0.25) is 0 Å². The van der Waals surface area contributed by atoms with Gasteiger partial charge < -0.3 is 24.4 Å². The number of likely N-dealkylation sites (tertiary alicyclic amines) is 1. The number of piperidine rings is 1. The minimum Gasteiger partial charge on any atom is -0.493 e. The highest BCUT2D eigenvalue weighted by atomic mass is 19.1. The number of nitrogens with zero attached hydrogens (tertiary/aromatic N) is 4. The molecule has 1 aliphatic rings. The van der Waals surface area contributed by atoms with Crippen LogP contribution < -0.4 is 24.4 Å². The molecule has 4 aromatic rings. The van der Waals surface area contributed by atoms with E-state index < -0.39 is 11.9 Å². The zero-order valence-corrected chi connectivity index (χ0v) is 26.3. The molecule has 3 aromatic carbocycles. The van der Waals surface area contributed by atoms with Crippen molar-refractivity contribution in [3.63, 3.8) is 0 Å². The second-order valence-electron chi connectivity index (χ2n) is 11.2. The molecule has 0 saturated carbocycles. The third-order valence-electron chi connectivity index (χ3n) is 7.74. The van der Waals surface area contributed by atoms with Crippen LogP contribution in [0.3, 0.4) is 0 Å². The lowest BCUT2D eigenvalue weighted by molar-refractivity contribution is 0.203. The Morgan fingerprint density at radius 3 is 2.44 bits per heavy atom. The predicted molar refractivity (Wildman–Crippen MR) is 174 cm³/mol. The lowest BCUT2D eigenvalue weighted by Crippen LogP contribution is -2.31. The summed E-state index contributed by atoms with van der Waals surface area (Å²) in [6.45, 7) is 9.41. The van der Waals surface area contributed by atoms with Gasteiger partial charge in [-0.05, 0) is 94.1 Å². The quantitative estimate of drug-likeness (QED) is 0.171. The number of halogens is 1. The first kappa shape index (κ1) is 31.7. The Balaban J connectivity index is 1.33. The van der Waals surface area contributed by atoms with Crippen molar-refractivity contribution >= 4 is 29.2 Å². The highest BCUT2D eigenvalue weighted by molar-refractivity contribution is 5.98. The Morgan fingerprint density at radius 2 is 1.71 bits per heavy atom. The van der Waals surface area contributed by atoms with E-state index in [0.29, 0.717) is 23.7 Å². The molecule has 1 fully saturated rings. The van der Waals surface area contributed by atoms with Gasteiger partial charge in [-0.25, -0.2) is 19.1 Å². The molecule has 0 bridgehead atoms. The van der Waals surface area contributed by atoms with E-state index in [2.05, 4.69) is 20.2 Å². The number of benzene rings is 3. The minimum atomic E-state index is -0.674. The van der Waals surface area contributed by atoms with Crippen LogP contribution in [0, 0.1) is 26.6 Å². The summed E-state index contributed by atoms with van der Waals surface area (Å²) >= 11 is 0. The molecule has 0 unspecified atom stereocenters. The van der Waals surface area contributed by atoms with Gasteiger partial charge in [0.05, 0.1) is 19.4 Å². The third-order valence-corrected chi connectivity index (χ3v) is 7.74. The monoisotopic (exact) mass is 613 g/mol. The number of carbonyl (C=O) groups is 1. The molecule has 0 spiro atoms. The van der Waals surface area contributed by atoms with E-state index in [-0.39, 0.29) is 23.3 Å². The summed E-state index contributed by atoms with van der Waals surface area (Å²) in [5.41, 5.74) is 3.74. The summed E-state index contributed by atoms with van der Waals surface area (Å²) in [5.74, 6) is 0.882. The van der Waals surface area contributed by atoms with E-state index in [1.165, 1.54) is 43.5 Å². The smallest absolute Gasteiger partial charge is 0.425 e. The summed E-state index contributed by atoms with van der Waals surface area (Å²) in [6, 6.07) is 17.3. The fraction of sp³-hybridized carbons (Fsp3) is 0.343. The molecule has 9 nitrogen and oxygen atoms in total. The van der Waals surface area contributed by atoms with Crippen LogP contribution in [0.25, 0.3) is 0 Å². The molecule has 2 heterocycles. The maximum atomic E-state index is 15.0. The maximum Gasteiger partial charge on any atom is 0.425 e. The molecule has 236 valence electrons. The van der Waals surface area contributed by atoms with Gasteiger partial charge in [0.2, 0.25) is 5.95 Å². The molecule has 5 rings (SSSR count). The number of aromatic nitrogens is 2. The van der Waals surface area contributed by atoms with E-state index in [9.17, 15) is 9.18 Å². The summed E-state index contributed by atoms with van der Waals surface area (Å²) in [5, 5.41) is 3.05. The van der Waals surface area contributed by atoms with Gasteiger partial charge in [0.15, 0.2) is 23.1 Å². The number of hydrogen-bond acceptors (Lipinski definition) is 8. The number of ether oxygens (including phenoxy) is 3. The highest BCUT2D eigenvalue weighted by Gasteiger charge is 2.26. The molecule has 10 heteroatoms. The Labute approximate surface area is 264 Å². The molecule has 1 aromatic heterocycles. The number of nitrogens with one attached hydrogen (secondary N) is 1. The summed E-state index contributed by atoms with van der Waals surface area (Å²) in [7, 11) is 1.52. The van der Waals surface area contributed by atoms with Crippen LogP contribution in [0.5, 0.6) is 17.2 Å².